The van der Waals surface area contributed by atoms with Crippen molar-refractivity contribution in [2.75, 3.05) is 29.0 Å². The lowest BCUT2D eigenvalue weighted by Crippen LogP contribution is -2.25. The van der Waals surface area contributed by atoms with Crippen molar-refractivity contribution in [2.45, 2.75) is 13.3 Å². The van der Waals surface area contributed by atoms with Crippen LogP contribution in [0.4, 0.5) is 11.4 Å². The van der Waals surface area contributed by atoms with Crippen LogP contribution >= 0.6 is 0 Å². The van der Waals surface area contributed by atoms with Crippen molar-refractivity contribution in [3.63, 3.8) is 0 Å². The fourth-order valence-corrected chi connectivity index (χ4v) is 4.60. The molecule has 1 N–H and O–H groups in total. The number of rotatable bonds is 5. The molecule has 7 heteroatoms. The number of carbonyl (C=O) groups excluding carboxylic acids is 1. The van der Waals surface area contributed by atoms with Gasteiger partial charge in [0.05, 0.1) is 18.6 Å². The number of nitrogens with one attached hydrogen (secondary N) is 1. The van der Waals surface area contributed by atoms with E-state index in [1.807, 2.05) is 37.3 Å². The van der Waals surface area contributed by atoms with Crippen molar-refractivity contribution in [1.29, 1.82) is 0 Å². The van der Waals surface area contributed by atoms with Gasteiger partial charge < -0.3 is 10.1 Å². The number of sulfonamides is 1. The molecule has 1 amide bonds. The molecule has 0 radical (unpaired) electrons. The van der Waals surface area contributed by atoms with E-state index in [1.54, 1.807) is 18.2 Å². The number of amides is 1. The Hall–Kier alpha value is -2.80. The normalized spacial score (nSPS) is 16.2. The first-order valence-electron chi connectivity index (χ1n) is 8.64. The highest BCUT2D eigenvalue weighted by Crippen LogP contribution is 2.35. The molecule has 1 aliphatic heterocycles. The summed E-state index contributed by atoms with van der Waals surface area (Å²) < 4.78 is 31.1. The van der Waals surface area contributed by atoms with E-state index in [1.165, 1.54) is 17.5 Å². The molecule has 0 saturated carbocycles. The van der Waals surface area contributed by atoms with Gasteiger partial charge in [0.15, 0.2) is 0 Å². The molecule has 0 atom stereocenters. The number of carbonyl (C=O) groups is 1. The Morgan fingerprint density at radius 2 is 1.93 bits per heavy atom. The fraction of sp³-hybridized carbons (Fsp3) is 0.250. The third-order valence-electron chi connectivity index (χ3n) is 4.39. The first kappa shape index (κ1) is 19.0. The molecule has 142 valence electrons. The zero-order chi connectivity index (χ0) is 19.4. The molecule has 1 saturated heterocycles. The van der Waals surface area contributed by atoms with Gasteiger partial charge in [0.1, 0.15) is 5.75 Å². The van der Waals surface area contributed by atoms with Crippen LogP contribution in [0.1, 0.15) is 18.9 Å². The Labute approximate surface area is 159 Å². The molecule has 2 aromatic carbocycles. The van der Waals surface area contributed by atoms with Crippen LogP contribution in [0.2, 0.25) is 0 Å². The molecule has 3 rings (SSSR count). The molecule has 0 spiro atoms. The summed E-state index contributed by atoms with van der Waals surface area (Å²) >= 11 is 0. The summed E-state index contributed by atoms with van der Waals surface area (Å²) in [5, 5.41) is 2.79. The van der Waals surface area contributed by atoms with Gasteiger partial charge in [0.25, 0.3) is 0 Å². The molecular formula is C20H22N2O4S. The molecule has 2 aromatic rings. The number of hydrogen-bond donors (Lipinski definition) is 1. The van der Waals surface area contributed by atoms with Crippen molar-refractivity contribution in [3.05, 3.63) is 60.2 Å². The highest BCUT2D eigenvalue weighted by Gasteiger charge is 2.30. The van der Waals surface area contributed by atoms with Crippen molar-refractivity contribution in [1.82, 2.24) is 0 Å². The number of benzene rings is 2. The van der Waals surface area contributed by atoms with Crippen molar-refractivity contribution in [2.24, 2.45) is 0 Å². The summed E-state index contributed by atoms with van der Waals surface area (Å²) in [7, 11) is -1.85. The first-order valence-corrected chi connectivity index (χ1v) is 10.2. The van der Waals surface area contributed by atoms with Gasteiger partial charge in [-0.25, -0.2) is 8.42 Å². The molecule has 0 unspecified atom stereocenters. The lowest BCUT2D eigenvalue weighted by molar-refractivity contribution is -0.111. The van der Waals surface area contributed by atoms with Gasteiger partial charge in [-0.1, -0.05) is 30.3 Å². The minimum atomic E-state index is -3.34. The number of ether oxygens (including phenoxy) is 1. The van der Waals surface area contributed by atoms with Gasteiger partial charge in [0, 0.05) is 18.3 Å². The largest absolute Gasteiger partial charge is 0.495 e. The Morgan fingerprint density at radius 3 is 2.56 bits per heavy atom. The van der Waals surface area contributed by atoms with Crippen molar-refractivity contribution >= 4 is 32.9 Å². The van der Waals surface area contributed by atoms with E-state index < -0.39 is 10.0 Å². The summed E-state index contributed by atoms with van der Waals surface area (Å²) in [5.74, 6) is 0.289. The predicted octanol–water partition coefficient (Wildman–Crippen LogP) is 3.28. The van der Waals surface area contributed by atoms with Crippen LogP contribution < -0.4 is 14.4 Å². The van der Waals surface area contributed by atoms with E-state index >= 15 is 0 Å². The number of methoxy groups -OCH3 is 1. The highest BCUT2D eigenvalue weighted by atomic mass is 32.2. The average Bonchev–Trinajstić information content (AvgIpc) is 3.01. The Morgan fingerprint density at radius 1 is 1.19 bits per heavy atom. The van der Waals surface area contributed by atoms with Gasteiger partial charge in [-0.15, -0.1) is 0 Å². The second kappa shape index (κ2) is 7.84. The minimum Gasteiger partial charge on any atom is -0.495 e. The second-order valence-electron chi connectivity index (χ2n) is 6.31. The highest BCUT2D eigenvalue weighted by molar-refractivity contribution is 7.93. The number of nitrogens with zero attached hydrogens (tertiary/aromatic N) is 1. The van der Waals surface area contributed by atoms with Crippen LogP contribution in [-0.4, -0.2) is 33.7 Å². The Bertz CT molecular complexity index is 969. The third kappa shape index (κ3) is 4.31. The first-order chi connectivity index (χ1) is 12.9. The maximum Gasteiger partial charge on any atom is 0.248 e. The van der Waals surface area contributed by atoms with Crippen LogP contribution in [0, 0.1) is 0 Å². The van der Waals surface area contributed by atoms with E-state index in [0.717, 1.165) is 11.1 Å². The molecule has 0 aromatic heterocycles. The maximum atomic E-state index is 12.4. The van der Waals surface area contributed by atoms with Gasteiger partial charge in [0.2, 0.25) is 15.9 Å². The topological polar surface area (TPSA) is 75.7 Å². The summed E-state index contributed by atoms with van der Waals surface area (Å²) in [6.07, 6.45) is 2.09. The van der Waals surface area contributed by atoms with Crippen LogP contribution in [0.3, 0.4) is 0 Å². The summed E-state index contributed by atoms with van der Waals surface area (Å²) in [6, 6.07) is 14.6. The van der Waals surface area contributed by atoms with Crippen LogP contribution in [-0.2, 0) is 14.8 Å². The predicted molar refractivity (Wildman–Crippen MR) is 107 cm³/mol. The SMILES string of the molecule is COc1ccc(NC(=O)/C=C(\C)c2ccccc2)cc1N1CCCS1(=O)=O. The lowest BCUT2D eigenvalue weighted by Gasteiger charge is -2.20. The van der Waals surface area contributed by atoms with E-state index in [2.05, 4.69) is 5.32 Å². The van der Waals surface area contributed by atoms with E-state index in [9.17, 15) is 13.2 Å². The molecule has 27 heavy (non-hydrogen) atoms. The maximum absolute atomic E-state index is 12.4. The van der Waals surface area contributed by atoms with Gasteiger partial charge in [-0.3, -0.25) is 9.10 Å². The van der Waals surface area contributed by atoms with Crippen molar-refractivity contribution in [3.8, 4) is 5.75 Å². The third-order valence-corrected chi connectivity index (χ3v) is 6.25. The quantitative estimate of drug-likeness (QED) is 0.800. The molecule has 1 aliphatic rings. The molecule has 0 bridgehead atoms. The van der Waals surface area contributed by atoms with Gasteiger partial charge in [-0.2, -0.15) is 0 Å². The zero-order valence-corrected chi connectivity index (χ0v) is 16.1. The molecular weight excluding hydrogens is 364 g/mol. The van der Waals surface area contributed by atoms with E-state index in [-0.39, 0.29) is 11.7 Å². The summed E-state index contributed by atoms with van der Waals surface area (Å²) in [4.78, 5) is 12.4. The van der Waals surface area contributed by atoms with Gasteiger partial charge >= 0.3 is 0 Å². The minimum absolute atomic E-state index is 0.117. The second-order valence-corrected chi connectivity index (χ2v) is 8.32. The fourth-order valence-electron chi connectivity index (χ4n) is 3.03. The van der Waals surface area contributed by atoms with Crippen LogP contribution in [0.5, 0.6) is 5.75 Å². The zero-order valence-electron chi connectivity index (χ0n) is 15.3. The van der Waals surface area contributed by atoms with Gasteiger partial charge in [-0.05, 0) is 42.7 Å². The monoisotopic (exact) mass is 386 g/mol. The smallest absolute Gasteiger partial charge is 0.248 e. The van der Waals surface area contributed by atoms with Crippen LogP contribution in [0.15, 0.2) is 54.6 Å². The molecule has 1 fully saturated rings. The number of hydrogen-bond acceptors (Lipinski definition) is 4. The Kier molecular flexibility index (Phi) is 5.51. The lowest BCUT2D eigenvalue weighted by atomic mass is 10.1. The standard InChI is InChI=1S/C20H22N2O4S/c1-15(16-7-4-3-5-8-16)13-20(23)21-17-9-10-19(26-2)18(14-17)22-11-6-12-27(22,24)25/h3-5,7-10,13-14H,6,11-12H2,1-2H3,(H,21,23)/b15-13+. The molecule has 1 heterocycles. The summed E-state index contributed by atoms with van der Waals surface area (Å²) in [6.45, 7) is 2.27. The van der Waals surface area contributed by atoms with Crippen LogP contribution in [0.25, 0.3) is 5.57 Å². The molecule has 6 nitrogen and oxygen atoms in total. The van der Waals surface area contributed by atoms with E-state index in [4.69, 9.17) is 4.74 Å². The average molecular weight is 386 g/mol. The number of allylic oxidation sites excluding steroid dienone is 1. The Balaban J connectivity index is 1.83. The van der Waals surface area contributed by atoms with E-state index in [0.29, 0.717) is 30.1 Å². The number of anilines is 2. The van der Waals surface area contributed by atoms with Crippen molar-refractivity contribution < 1.29 is 17.9 Å². The summed E-state index contributed by atoms with van der Waals surface area (Å²) in [5.41, 5.74) is 2.75. The molecule has 0 aliphatic carbocycles.